The minimum atomic E-state index is -0.694. The maximum absolute atomic E-state index is 12.2. The average molecular weight is 347 g/mol. The van der Waals surface area contributed by atoms with E-state index in [0.717, 1.165) is 11.1 Å². The molecule has 1 atom stereocenters. The second kappa shape index (κ2) is 7.36. The van der Waals surface area contributed by atoms with Crippen molar-refractivity contribution < 1.29 is 14.3 Å². The molecular formula is C18H19ClN2O3. The molecule has 2 amide bonds. The summed E-state index contributed by atoms with van der Waals surface area (Å²) in [5.74, 6) is -0.230. The molecule has 0 unspecified atom stereocenters. The number of carbonyl (C=O) groups is 2. The van der Waals surface area contributed by atoms with Crippen molar-refractivity contribution in [2.75, 3.05) is 5.32 Å². The Labute approximate surface area is 145 Å². The van der Waals surface area contributed by atoms with Gasteiger partial charge < -0.3 is 15.8 Å². The van der Waals surface area contributed by atoms with E-state index in [-0.39, 0.29) is 5.91 Å². The van der Waals surface area contributed by atoms with Crippen LogP contribution in [-0.2, 0) is 4.79 Å². The van der Waals surface area contributed by atoms with Crippen LogP contribution in [0.2, 0.25) is 5.02 Å². The van der Waals surface area contributed by atoms with Gasteiger partial charge in [0.05, 0.1) is 0 Å². The third-order valence-electron chi connectivity index (χ3n) is 3.53. The summed E-state index contributed by atoms with van der Waals surface area (Å²) in [5, 5.41) is 3.42. The van der Waals surface area contributed by atoms with Crippen molar-refractivity contribution in [2.45, 2.75) is 26.9 Å². The number of hydrogen-bond acceptors (Lipinski definition) is 3. The summed E-state index contributed by atoms with van der Waals surface area (Å²) in [5.41, 5.74) is 7.90. The number of carbonyl (C=O) groups excluding carboxylic acids is 2. The van der Waals surface area contributed by atoms with Crippen LogP contribution in [0.25, 0.3) is 0 Å². The van der Waals surface area contributed by atoms with Crippen LogP contribution in [0.15, 0.2) is 36.4 Å². The van der Waals surface area contributed by atoms with Gasteiger partial charge in [0.15, 0.2) is 6.10 Å². The second-order valence-corrected chi connectivity index (χ2v) is 5.94. The summed E-state index contributed by atoms with van der Waals surface area (Å²) in [7, 11) is 0. The van der Waals surface area contributed by atoms with Gasteiger partial charge >= 0.3 is 0 Å². The van der Waals surface area contributed by atoms with E-state index in [1.54, 1.807) is 43.3 Å². The van der Waals surface area contributed by atoms with Gasteiger partial charge in [0.2, 0.25) is 5.91 Å². The van der Waals surface area contributed by atoms with Gasteiger partial charge in [-0.1, -0.05) is 11.6 Å². The van der Waals surface area contributed by atoms with Gasteiger partial charge in [-0.15, -0.1) is 0 Å². The topological polar surface area (TPSA) is 81.4 Å². The lowest BCUT2D eigenvalue weighted by atomic mass is 10.1. The Hall–Kier alpha value is -2.53. The van der Waals surface area contributed by atoms with Crippen molar-refractivity contribution in [1.82, 2.24) is 0 Å². The second-order valence-electron chi connectivity index (χ2n) is 5.56. The summed E-state index contributed by atoms with van der Waals surface area (Å²) in [6.07, 6.45) is -0.694. The van der Waals surface area contributed by atoms with Crippen molar-refractivity contribution >= 4 is 29.1 Å². The zero-order valence-electron chi connectivity index (χ0n) is 13.7. The van der Waals surface area contributed by atoms with Gasteiger partial charge in [-0.05, 0) is 68.3 Å². The van der Waals surface area contributed by atoms with Crippen LogP contribution >= 0.6 is 11.6 Å². The summed E-state index contributed by atoms with van der Waals surface area (Å²) in [6, 6.07) is 9.91. The summed E-state index contributed by atoms with van der Waals surface area (Å²) >= 11 is 6.12. The van der Waals surface area contributed by atoms with Crippen molar-refractivity contribution in [2.24, 2.45) is 5.73 Å². The van der Waals surface area contributed by atoms with Crippen LogP contribution in [-0.4, -0.2) is 17.9 Å². The number of halogens is 1. The molecule has 126 valence electrons. The first-order chi connectivity index (χ1) is 11.3. The number of hydrogen-bond donors (Lipinski definition) is 2. The van der Waals surface area contributed by atoms with Crippen molar-refractivity contribution in [3.05, 3.63) is 58.1 Å². The minimum Gasteiger partial charge on any atom is -0.481 e. The molecular weight excluding hydrogens is 328 g/mol. The Morgan fingerprint density at radius 3 is 2.17 bits per heavy atom. The maximum Gasteiger partial charge on any atom is 0.265 e. The summed E-state index contributed by atoms with van der Waals surface area (Å²) in [6.45, 7) is 5.42. The van der Waals surface area contributed by atoms with Crippen LogP contribution in [0.4, 0.5) is 5.69 Å². The largest absolute Gasteiger partial charge is 0.481 e. The van der Waals surface area contributed by atoms with Crippen LogP contribution < -0.4 is 15.8 Å². The minimum absolute atomic E-state index is 0.299. The average Bonchev–Trinajstić information content (AvgIpc) is 2.52. The molecule has 0 aliphatic carbocycles. The molecule has 2 rings (SSSR count). The van der Waals surface area contributed by atoms with Crippen LogP contribution in [0.3, 0.4) is 0 Å². The van der Waals surface area contributed by atoms with Crippen LogP contribution in [0.5, 0.6) is 5.75 Å². The Morgan fingerprint density at radius 1 is 1.12 bits per heavy atom. The molecule has 6 heteroatoms. The molecule has 0 aliphatic rings. The number of primary amides is 1. The molecule has 0 heterocycles. The van der Waals surface area contributed by atoms with Gasteiger partial charge in [0, 0.05) is 16.3 Å². The fraction of sp³-hybridized carbons (Fsp3) is 0.222. The van der Waals surface area contributed by atoms with Gasteiger partial charge in [0.25, 0.3) is 5.91 Å². The molecule has 0 aromatic heterocycles. The van der Waals surface area contributed by atoms with E-state index in [2.05, 4.69) is 5.32 Å². The Morgan fingerprint density at radius 2 is 1.67 bits per heavy atom. The first kappa shape index (κ1) is 17.8. The molecule has 0 radical (unpaired) electrons. The fourth-order valence-corrected chi connectivity index (χ4v) is 2.30. The number of rotatable bonds is 5. The van der Waals surface area contributed by atoms with E-state index in [4.69, 9.17) is 22.1 Å². The van der Waals surface area contributed by atoms with Crippen LogP contribution in [0, 0.1) is 13.8 Å². The van der Waals surface area contributed by atoms with E-state index >= 15 is 0 Å². The zero-order valence-corrected chi connectivity index (χ0v) is 14.5. The zero-order chi connectivity index (χ0) is 17.9. The normalized spacial score (nSPS) is 11.7. The van der Waals surface area contributed by atoms with Gasteiger partial charge in [-0.2, -0.15) is 0 Å². The maximum atomic E-state index is 12.2. The smallest absolute Gasteiger partial charge is 0.265 e. The predicted molar refractivity (Wildman–Crippen MR) is 94.6 cm³/mol. The molecule has 0 saturated carbocycles. The number of benzene rings is 2. The molecule has 5 nitrogen and oxygen atoms in total. The number of anilines is 1. The Kier molecular flexibility index (Phi) is 5.46. The lowest BCUT2D eigenvalue weighted by molar-refractivity contribution is -0.122. The number of amides is 2. The molecule has 0 bridgehead atoms. The number of nitrogens with one attached hydrogen (secondary N) is 1. The third-order valence-corrected chi connectivity index (χ3v) is 4.13. The Bertz CT molecular complexity index is 749. The van der Waals surface area contributed by atoms with Gasteiger partial charge in [-0.3, -0.25) is 9.59 Å². The Balaban J connectivity index is 2.03. The third kappa shape index (κ3) is 4.26. The standard InChI is InChI=1S/C18H19ClN2O3/c1-10-8-15(9-11(2)16(10)19)24-12(3)18(23)21-14-6-4-13(5-7-14)17(20)22/h4-9,12H,1-3H3,(H2,20,22)(H,21,23)/t12-/m0/s1. The number of nitrogens with two attached hydrogens (primary N) is 1. The molecule has 2 aromatic carbocycles. The highest BCUT2D eigenvalue weighted by atomic mass is 35.5. The van der Waals surface area contributed by atoms with E-state index in [9.17, 15) is 9.59 Å². The highest BCUT2D eigenvalue weighted by Gasteiger charge is 2.16. The first-order valence-corrected chi connectivity index (χ1v) is 7.80. The van der Waals surface area contributed by atoms with E-state index in [1.807, 2.05) is 13.8 Å². The highest BCUT2D eigenvalue weighted by molar-refractivity contribution is 6.32. The van der Waals surface area contributed by atoms with Crippen molar-refractivity contribution in [1.29, 1.82) is 0 Å². The lowest BCUT2D eigenvalue weighted by Crippen LogP contribution is -2.30. The van der Waals surface area contributed by atoms with E-state index < -0.39 is 12.0 Å². The van der Waals surface area contributed by atoms with Crippen molar-refractivity contribution in [3.8, 4) is 5.75 Å². The van der Waals surface area contributed by atoms with E-state index in [1.165, 1.54) is 0 Å². The molecule has 3 N–H and O–H groups in total. The fourth-order valence-electron chi connectivity index (χ4n) is 2.19. The summed E-state index contributed by atoms with van der Waals surface area (Å²) < 4.78 is 5.68. The lowest BCUT2D eigenvalue weighted by Gasteiger charge is -2.16. The van der Waals surface area contributed by atoms with Gasteiger partial charge in [0.1, 0.15) is 5.75 Å². The quantitative estimate of drug-likeness (QED) is 0.869. The number of aryl methyl sites for hydroxylation is 2. The highest BCUT2D eigenvalue weighted by Crippen LogP contribution is 2.26. The van der Waals surface area contributed by atoms with Crippen molar-refractivity contribution in [3.63, 3.8) is 0 Å². The van der Waals surface area contributed by atoms with E-state index in [0.29, 0.717) is 22.0 Å². The molecule has 0 spiro atoms. The molecule has 0 saturated heterocycles. The first-order valence-electron chi connectivity index (χ1n) is 7.42. The monoisotopic (exact) mass is 346 g/mol. The van der Waals surface area contributed by atoms with Crippen LogP contribution in [0.1, 0.15) is 28.4 Å². The number of ether oxygens (including phenoxy) is 1. The molecule has 2 aromatic rings. The SMILES string of the molecule is Cc1cc(O[C@@H](C)C(=O)Nc2ccc(C(N)=O)cc2)cc(C)c1Cl. The molecule has 0 aliphatic heterocycles. The molecule has 24 heavy (non-hydrogen) atoms. The van der Waals surface area contributed by atoms with Gasteiger partial charge in [-0.25, -0.2) is 0 Å². The predicted octanol–water partition coefficient (Wildman–Crippen LogP) is 3.46. The molecule has 0 fully saturated rings. The summed E-state index contributed by atoms with van der Waals surface area (Å²) in [4.78, 5) is 23.2.